The molecule has 1 aliphatic rings. The molecule has 2 rings (SSSR count). The van der Waals surface area contributed by atoms with E-state index in [1.165, 1.54) is 11.8 Å². The maximum atomic E-state index is 12.3. The Hall–Kier alpha value is -1.63. The van der Waals surface area contributed by atoms with Gasteiger partial charge in [-0.3, -0.25) is 9.59 Å². The van der Waals surface area contributed by atoms with Crippen LogP contribution < -0.4 is 5.32 Å². The molecule has 0 bridgehead atoms. The van der Waals surface area contributed by atoms with Crippen LogP contribution in [0.25, 0.3) is 0 Å². The van der Waals surface area contributed by atoms with E-state index >= 15 is 0 Å². The molecule has 1 saturated heterocycles. The van der Waals surface area contributed by atoms with E-state index in [1.807, 2.05) is 0 Å². The third kappa shape index (κ3) is 3.97. The number of benzene rings is 1. The summed E-state index contributed by atoms with van der Waals surface area (Å²) in [5, 5.41) is 23.4. The molecule has 0 aliphatic carbocycles. The van der Waals surface area contributed by atoms with Gasteiger partial charge >= 0.3 is 0 Å². The minimum atomic E-state index is -1.51. The zero-order valence-corrected chi connectivity index (χ0v) is 13.0. The average molecular weight is 327 g/mol. The lowest BCUT2D eigenvalue weighted by Gasteiger charge is -2.25. The molecule has 1 aliphatic heterocycles. The predicted molar refractivity (Wildman–Crippen MR) is 81.4 cm³/mol. The summed E-state index contributed by atoms with van der Waals surface area (Å²) in [5.74, 6) is -0.494. The van der Waals surface area contributed by atoms with Gasteiger partial charge < -0.3 is 20.4 Å². The summed E-state index contributed by atoms with van der Waals surface area (Å²) in [7, 11) is 0. The Balaban J connectivity index is 1.97. The standard InChI is InChI=1S/C15H19ClN2O4/c1-10(19)17-8-15(22)9-18(7-13(15)20)14(21)6-11-2-4-12(16)5-3-11/h2-5,13,20,22H,6-9H2,1H3,(H,17,19)/t13-,15+/m1/s1. The molecule has 7 heteroatoms. The number of carbonyl (C=O) groups is 2. The van der Waals surface area contributed by atoms with Crippen molar-refractivity contribution < 1.29 is 19.8 Å². The Morgan fingerprint density at radius 3 is 2.64 bits per heavy atom. The summed E-state index contributed by atoms with van der Waals surface area (Å²) in [4.78, 5) is 24.6. The molecule has 1 heterocycles. The molecule has 0 aromatic heterocycles. The fourth-order valence-electron chi connectivity index (χ4n) is 2.41. The summed E-state index contributed by atoms with van der Waals surface area (Å²) >= 11 is 5.80. The van der Waals surface area contributed by atoms with Gasteiger partial charge in [-0.25, -0.2) is 0 Å². The number of aliphatic hydroxyl groups excluding tert-OH is 1. The summed E-state index contributed by atoms with van der Waals surface area (Å²) in [6.45, 7) is 1.27. The van der Waals surface area contributed by atoms with Gasteiger partial charge in [0, 0.05) is 18.5 Å². The molecule has 120 valence electrons. The molecule has 1 fully saturated rings. The minimum Gasteiger partial charge on any atom is -0.388 e. The van der Waals surface area contributed by atoms with Crippen molar-refractivity contribution in [3.63, 3.8) is 0 Å². The van der Waals surface area contributed by atoms with Crippen molar-refractivity contribution in [3.8, 4) is 0 Å². The van der Waals surface area contributed by atoms with Crippen LogP contribution in [0.3, 0.4) is 0 Å². The van der Waals surface area contributed by atoms with Crippen LogP contribution >= 0.6 is 11.6 Å². The highest BCUT2D eigenvalue weighted by atomic mass is 35.5. The van der Waals surface area contributed by atoms with E-state index in [9.17, 15) is 19.8 Å². The van der Waals surface area contributed by atoms with Crippen LogP contribution in [0.15, 0.2) is 24.3 Å². The number of amides is 2. The van der Waals surface area contributed by atoms with Gasteiger partial charge in [0.25, 0.3) is 0 Å². The topological polar surface area (TPSA) is 89.9 Å². The van der Waals surface area contributed by atoms with E-state index in [0.717, 1.165) is 5.56 Å². The van der Waals surface area contributed by atoms with Crippen molar-refractivity contribution in [2.24, 2.45) is 0 Å². The molecule has 0 saturated carbocycles. The van der Waals surface area contributed by atoms with Crippen molar-refractivity contribution >= 4 is 23.4 Å². The molecule has 6 nitrogen and oxygen atoms in total. The molecule has 0 radical (unpaired) electrons. The number of aliphatic hydroxyl groups is 2. The van der Waals surface area contributed by atoms with Crippen molar-refractivity contribution in [1.82, 2.24) is 10.2 Å². The first kappa shape index (κ1) is 16.7. The van der Waals surface area contributed by atoms with Gasteiger partial charge in [-0.1, -0.05) is 23.7 Å². The first-order valence-electron chi connectivity index (χ1n) is 6.97. The largest absolute Gasteiger partial charge is 0.388 e. The normalized spacial score (nSPS) is 24.4. The van der Waals surface area contributed by atoms with E-state index < -0.39 is 11.7 Å². The average Bonchev–Trinajstić information content (AvgIpc) is 2.76. The highest BCUT2D eigenvalue weighted by molar-refractivity contribution is 6.30. The second-order valence-corrected chi connectivity index (χ2v) is 6.04. The van der Waals surface area contributed by atoms with Crippen LogP contribution in [0.5, 0.6) is 0 Å². The predicted octanol–water partition coefficient (Wildman–Crippen LogP) is -0.0472. The monoisotopic (exact) mass is 326 g/mol. The van der Waals surface area contributed by atoms with E-state index in [2.05, 4.69) is 5.32 Å². The Kier molecular flexibility index (Phi) is 5.05. The van der Waals surface area contributed by atoms with Crippen molar-refractivity contribution in [2.45, 2.75) is 25.0 Å². The molecular formula is C15H19ClN2O4. The lowest BCUT2D eigenvalue weighted by molar-refractivity contribution is -0.130. The third-order valence-electron chi connectivity index (χ3n) is 3.74. The zero-order valence-electron chi connectivity index (χ0n) is 12.3. The van der Waals surface area contributed by atoms with Gasteiger partial charge in [0.05, 0.1) is 19.5 Å². The number of nitrogens with zero attached hydrogens (tertiary/aromatic N) is 1. The van der Waals surface area contributed by atoms with E-state index in [0.29, 0.717) is 5.02 Å². The summed E-state index contributed by atoms with van der Waals surface area (Å²) in [6, 6.07) is 6.93. The number of likely N-dealkylation sites (tertiary alicyclic amines) is 1. The van der Waals surface area contributed by atoms with Crippen LogP contribution in [0.4, 0.5) is 0 Å². The van der Waals surface area contributed by atoms with Gasteiger partial charge in [0.2, 0.25) is 11.8 Å². The molecule has 1 aromatic carbocycles. The second kappa shape index (κ2) is 6.64. The molecule has 3 N–H and O–H groups in total. The molecule has 2 atom stereocenters. The van der Waals surface area contributed by atoms with Crippen LogP contribution in [0, 0.1) is 0 Å². The Labute approximate surface area is 133 Å². The first-order chi connectivity index (χ1) is 10.3. The number of rotatable bonds is 4. The number of hydrogen-bond donors (Lipinski definition) is 3. The SMILES string of the molecule is CC(=O)NC[C@]1(O)CN(C(=O)Cc2ccc(Cl)cc2)C[C@H]1O. The molecule has 0 spiro atoms. The lowest BCUT2D eigenvalue weighted by Crippen LogP contribution is -2.51. The van der Waals surface area contributed by atoms with E-state index in [4.69, 9.17) is 11.6 Å². The minimum absolute atomic E-state index is 0.0130. The summed E-state index contributed by atoms with van der Waals surface area (Å²) in [6.07, 6.45) is -0.923. The van der Waals surface area contributed by atoms with Gasteiger partial charge in [-0.15, -0.1) is 0 Å². The van der Waals surface area contributed by atoms with Crippen LogP contribution in [0.2, 0.25) is 5.02 Å². The highest BCUT2D eigenvalue weighted by Gasteiger charge is 2.45. The van der Waals surface area contributed by atoms with E-state index in [-0.39, 0.29) is 37.9 Å². The summed E-state index contributed by atoms with van der Waals surface area (Å²) < 4.78 is 0. The molecule has 2 amide bonds. The number of halogens is 1. The smallest absolute Gasteiger partial charge is 0.227 e. The highest BCUT2D eigenvalue weighted by Crippen LogP contribution is 2.22. The first-order valence-corrected chi connectivity index (χ1v) is 7.35. The number of carbonyl (C=O) groups excluding carboxylic acids is 2. The summed E-state index contributed by atoms with van der Waals surface area (Å²) in [5.41, 5.74) is -0.706. The van der Waals surface area contributed by atoms with Crippen molar-refractivity contribution in [1.29, 1.82) is 0 Å². The van der Waals surface area contributed by atoms with Crippen molar-refractivity contribution in [3.05, 3.63) is 34.9 Å². The number of hydrogen-bond acceptors (Lipinski definition) is 4. The van der Waals surface area contributed by atoms with Gasteiger partial charge in [-0.2, -0.15) is 0 Å². The molecule has 0 unspecified atom stereocenters. The fourth-order valence-corrected chi connectivity index (χ4v) is 2.54. The maximum absolute atomic E-state index is 12.3. The quantitative estimate of drug-likeness (QED) is 0.724. The van der Waals surface area contributed by atoms with Gasteiger partial charge in [0.1, 0.15) is 11.7 Å². The Morgan fingerprint density at radius 2 is 2.05 bits per heavy atom. The number of β-amino-alcohol motifs (C(OH)–C–C–N with tert-alkyl or cyclic N) is 2. The number of nitrogens with one attached hydrogen (secondary N) is 1. The van der Waals surface area contributed by atoms with Gasteiger partial charge in [0.15, 0.2) is 0 Å². The molecule has 22 heavy (non-hydrogen) atoms. The van der Waals surface area contributed by atoms with Crippen LogP contribution in [-0.4, -0.2) is 58.3 Å². The maximum Gasteiger partial charge on any atom is 0.227 e. The molecule has 1 aromatic rings. The molecular weight excluding hydrogens is 308 g/mol. The Bertz CT molecular complexity index is 563. The Morgan fingerprint density at radius 1 is 1.41 bits per heavy atom. The fraction of sp³-hybridized carbons (Fsp3) is 0.467. The van der Waals surface area contributed by atoms with Crippen molar-refractivity contribution in [2.75, 3.05) is 19.6 Å². The van der Waals surface area contributed by atoms with Crippen LogP contribution in [0.1, 0.15) is 12.5 Å². The lowest BCUT2D eigenvalue weighted by atomic mass is 10.0. The zero-order chi connectivity index (χ0) is 16.3. The third-order valence-corrected chi connectivity index (χ3v) is 3.99. The second-order valence-electron chi connectivity index (χ2n) is 5.61. The van der Waals surface area contributed by atoms with Gasteiger partial charge in [-0.05, 0) is 17.7 Å². The van der Waals surface area contributed by atoms with Crippen LogP contribution in [-0.2, 0) is 16.0 Å². The van der Waals surface area contributed by atoms with E-state index in [1.54, 1.807) is 24.3 Å².